The number of aromatic nitrogens is 3. The highest BCUT2D eigenvalue weighted by Gasteiger charge is 2.21. The fraction of sp³-hybridized carbons (Fsp3) is 0.412. The van der Waals surface area contributed by atoms with Crippen molar-refractivity contribution in [2.75, 3.05) is 11.1 Å². The van der Waals surface area contributed by atoms with E-state index in [2.05, 4.69) is 20.4 Å². The van der Waals surface area contributed by atoms with Crippen LogP contribution in [0.25, 0.3) is 10.2 Å². The Balaban J connectivity index is 1.40. The Morgan fingerprint density at radius 1 is 1.38 bits per heavy atom. The molecule has 9 heteroatoms. The van der Waals surface area contributed by atoms with Gasteiger partial charge in [0.15, 0.2) is 5.76 Å². The number of fused-ring (bicyclic) bond motifs is 3. The van der Waals surface area contributed by atoms with Crippen molar-refractivity contribution in [2.45, 2.75) is 38.9 Å². The summed E-state index contributed by atoms with van der Waals surface area (Å²) in [5.74, 6) is 1.79. The van der Waals surface area contributed by atoms with Gasteiger partial charge in [-0.05, 0) is 38.7 Å². The van der Waals surface area contributed by atoms with Crippen LogP contribution in [0.15, 0.2) is 9.32 Å². The molecule has 7 nitrogen and oxygen atoms in total. The van der Waals surface area contributed by atoms with E-state index in [1.807, 2.05) is 0 Å². The largest absolute Gasteiger partial charge is 0.359 e. The number of carbonyl (C=O) groups excluding carboxylic acids is 1. The average Bonchev–Trinajstić information content (AvgIpc) is 3.25. The van der Waals surface area contributed by atoms with Gasteiger partial charge in [-0.3, -0.25) is 9.59 Å². The van der Waals surface area contributed by atoms with Crippen LogP contribution in [0.4, 0.5) is 5.69 Å². The van der Waals surface area contributed by atoms with Gasteiger partial charge in [0.1, 0.15) is 22.0 Å². The summed E-state index contributed by atoms with van der Waals surface area (Å²) >= 11 is 3.03. The molecule has 1 aliphatic carbocycles. The van der Waals surface area contributed by atoms with Gasteiger partial charge in [0, 0.05) is 4.88 Å². The van der Waals surface area contributed by atoms with Gasteiger partial charge in [-0.2, -0.15) is 0 Å². The van der Waals surface area contributed by atoms with Gasteiger partial charge in [-0.1, -0.05) is 5.16 Å². The summed E-state index contributed by atoms with van der Waals surface area (Å²) in [5, 5.41) is 7.37. The number of rotatable bonds is 5. The van der Waals surface area contributed by atoms with Crippen LogP contribution in [0, 0.1) is 13.8 Å². The van der Waals surface area contributed by atoms with Crippen molar-refractivity contribution in [1.82, 2.24) is 15.1 Å². The first kappa shape index (κ1) is 17.3. The molecule has 26 heavy (non-hydrogen) atoms. The molecule has 1 amide bonds. The van der Waals surface area contributed by atoms with Crippen LogP contribution >= 0.6 is 23.1 Å². The Kier molecular flexibility index (Phi) is 4.58. The summed E-state index contributed by atoms with van der Waals surface area (Å²) < 4.78 is 5.03. The summed E-state index contributed by atoms with van der Waals surface area (Å²) in [4.78, 5) is 34.1. The standard InChI is InChI=1S/C17H18N4O3S2/c1-8-15(9(2)24-21-8)20-13(22)7-25-6-12-18-16(23)14-10-4-3-5-11(10)26-17(14)19-12/h3-7H2,1-2H3,(H,20,22)(H,18,19,23). The molecule has 1 aliphatic rings. The van der Waals surface area contributed by atoms with E-state index in [0.29, 0.717) is 28.7 Å². The number of thioether (sulfide) groups is 1. The van der Waals surface area contributed by atoms with Gasteiger partial charge < -0.3 is 14.8 Å². The first-order chi connectivity index (χ1) is 12.5. The third-order valence-electron chi connectivity index (χ3n) is 4.39. The molecule has 0 unspecified atom stereocenters. The van der Waals surface area contributed by atoms with E-state index in [9.17, 15) is 9.59 Å². The summed E-state index contributed by atoms with van der Waals surface area (Å²) in [6.07, 6.45) is 3.13. The second-order valence-electron chi connectivity index (χ2n) is 6.29. The number of nitrogens with zero attached hydrogens (tertiary/aromatic N) is 2. The number of amides is 1. The molecule has 3 aromatic rings. The van der Waals surface area contributed by atoms with Crippen LogP contribution in [0.5, 0.6) is 0 Å². The van der Waals surface area contributed by atoms with Crippen LogP contribution in [0.2, 0.25) is 0 Å². The predicted molar refractivity (Wildman–Crippen MR) is 103 cm³/mol. The first-order valence-corrected chi connectivity index (χ1v) is 10.3. The number of hydrogen-bond donors (Lipinski definition) is 2. The molecule has 0 atom stereocenters. The first-order valence-electron chi connectivity index (χ1n) is 8.37. The Bertz CT molecular complexity index is 1030. The highest BCUT2D eigenvalue weighted by atomic mass is 32.2. The minimum Gasteiger partial charge on any atom is -0.359 e. The third-order valence-corrected chi connectivity index (χ3v) is 6.52. The fourth-order valence-electron chi connectivity index (χ4n) is 3.19. The van der Waals surface area contributed by atoms with E-state index in [4.69, 9.17) is 4.52 Å². The molecule has 2 N–H and O–H groups in total. The molecular formula is C17H18N4O3S2. The predicted octanol–water partition coefficient (Wildman–Crippen LogP) is 2.95. The molecule has 0 saturated heterocycles. The minimum absolute atomic E-state index is 0.0647. The van der Waals surface area contributed by atoms with Gasteiger partial charge in [0.25, 0.3) is 5.56 Å². The smallest absolute Gasteiger partial charge is 0.259 e. The van der Waals surface area contributed by atoms with E-state index in [1.54, 1.807) is 25.2 Å². The van der Waals surface area contributed by atoms with Crippen molar-refractivity contribution >= 4 is 44.9 Å². The van der Waals surface area contributed by atoms with Crippen molar-refractivity contribution in [3.05, 3.63) is 38.1 Å². The molecule has 0 bridgehead atoms. The molecule has 0 fully saturated rings. The molecule has 0 aliphatic heterocycles. The maximum atomic E-state index is 12.4. The van der Waals surface area contributed by atoms with Crippen LogP contribution in [-0.4, -0.2) is 26.8 Å². The summed E-state index contributed by atoms with van der Waals surface area (Å²) in [7, 11) is 0. The highest BCUT2D eigenvalue weighted by Crippen LogP contribution is 2.34. The number of aromatic amines is 1. The van der Waals surface area contributed by atoms with Crippen LogP contribution in [0.3, 0.4) is 0 Å². The highest BCUT2D eigenvalue weighted by molar-refractivity contribution is 7.99. The van der Waals surface area contributed by atoms with E-state index in [1.165, 1.54) is 22.2 Å². The Morgan fingerprint density at radius 3 is 3.00 bits per heavy atom. The van der Waals surface area contributed by atoms with E-state index >= 15 is 0 Å². The third kappa shape index (κ3) is 3.16. The summed E-state index contributed by atoms with van der Waals surface area (Å²) in [6.45, 7) is 3.53. The normalized spacial score (nSPS) is 13.3. The second kappa shape index (κ2) is 6.88. The molecular weight excluding hydrogens is 372 g/mol. The van der Waals surface area contributed by atoms with Gasteiger partial charge in [0.05, 0.1) is 16.9 Å². The Hall–Kier alpha value is -2.13. The number of aryl methyl sites for hydroxylation is 4. The zero-order valence-corrected chi connectivity index (χ0v) is 16.1. The quantitative estimate of drug-likeness (QED) is 0.695. The minimum atomic E-state index is -0.136. The maximum Gasteiger partial charge on any atom is 0.259 e. The average molecular weight is 390 g/mol. The van der Waals surface area contributed by atoms with Crippen LogP contribution in [0.1, 0.15) is 34.1 Å². The summed E-state index contributed by atoms with van der Waals surface area (Å²) in [6, 6.07) is 0. The molecule has 0 spiro atoms. The van der Waals surface area contributed by atoms with E-state index < -0.39 is 0 Å². The van der Waals surface area contributed by atoms with Crippen molar-refractivity contribution in [3.8, 4) is 0 Å². The molecule has 4 rings (SSSR count). The lowest BCUT2D eigenvalue weighted by atomic mass is 10.2. The number of anilines is 1. The van der Waals surface area contributed by atoms with E-state index in [-0.39, 0.29) is 17.2 Å². The van der Waals surface area contributed by atoms with Gasteiger partial charge >= 0.3 is 0 Å². The van der Waals surface area contributed by atoms with Crippen LogP contribution < -0.4 is 10.9 Å². The van der Waals surface area contributed by atoms with Crippen LogP contribution in [-0.2, 0) is 23.4 Å². The van der Waals surface area contributed by atoms with Gasteiger partial charge in [-0.15, -0.1) is 23.1 Å². The zero-order chi connectivity index (χ0) is 18.3. The molecule has 0 saturated carbocycles. The maximum absolute atomic E-state index is 12.4. The molecule has 3 aromatic heterocycles. The number of thiophene rings is 1. The molecule has 136 valence electrons. The number of hydrogen-bond acceptors (Lipinski definition) is 7. The van der Waals surface area contributed by atoms with E-state index in [0.717, 1.165) is 29.5 Å². The molecule has 3 heterocycles. The SMILES string of the molecule is Cc1noc(C)c1NC(=O)CSCc1nc2sc3c(c2c(=O)[nH]1)CCC3. The van der Waals surface area contributed by atoms with Crippen molar-refractivity contribution in [3.63, 3.8) is 0 Å². The number of carbonyl (C=O) groups is 1. The fourth-order valence-corrected chi connectivity index (χ4v) is 5.16. The van der Waals surface area contributed by atoms with Crippen molar-refractivity contribution in [2.24, 2.45) is 0 Å². The monoisotopic (exact) mass is 390 g/mol. The number of nitrogens with one attached hydrogen (secondary N) is 2. The second-order valence-corrected chi connectivity index (χ2v) is 8.36. The lowest BCUT2D eigenvalue weighted by molar-refractivity contribution is -0.113. The number of H-pyrrole nitrogens is 1. The Labute approximate surface area is 157 Å². The summed E-state index contributed by atoms with van der Waals surface area (Å²) in [5.41, 5.74) is 2.39. The lowest BCUT2D eigenvalue weighted by Gasteiger charge is -2.04. The van der Waals surface area contributed by atoms with Crippen molar-refractivity contribution in [1.29, 1.82) is 0 Å². The topological polar surface area (TPSA) is 101 Å². The van der Waals surface area contributed by atoms with Gasteiger partial charge in [0.2, 0.25) is 5.91 Å². The molecule has 0 radical (unpaired) electrons. The van der Waals surface area contributed by atoms with Crippen molar-refractivity contribution < 1.29 is 9.32 Å². The lowest BCUT2D eigenvalue weighted by Crippen LogP contribution is -2.16. The Morgan fingerprint density at radius 2 is 2.23 bits per heavy atom. The molecule has 0 aromatic carbocycles. The van der Waals surface area contributed by atoms with Gasteiger partial charge in [-0.25, -0.2) is 4.98 Å². The zero-order valence-electron chi connectivity index (χ0n) is 14.5.